The minimum atomic E-state index is -0.757. The lowest BCUT2D eigenvalue weighted by molar-refractivity contribution is -0.0410. The summed E-state index contributed by atoms with van der Waals surface area (Å²) in [4.78, 5) is 0. The molecule has 3 heteroatoms. The second-order valence-electron chi connectivity index (χ2n) is 5.16. The fraction of sp³-hybridized carbons (Fsp3) is 0.571. The highest BCUT2D eigenvalue weighted by molar-refractivity contribution is 6.30. The van der Waals surface area contributed by atoms with Gasteiger partial charge >= 0.3 is 0 Å². The van der Waals surface area contributed by atoms with Crippen molar-refractivity contribution in [1.29, 1.82) is 0 Å². The van der Waals surface area contributed by atoms with Crippen LogP contribution in [0.2, 0.25) is 5.02 Å². The fourth-order valence-electron chi connectivity index (χ4n) is 2.65. The maximum Gasteiger partial charge on any atom is 0.127 e. The van der Waals surface area contributed by atoms with E-state index in [-0.39, 0.29) is 11.7 Å². The van der Waals surface area contributed by atoms with E-state index in [0.717, 1.165) is 25.7 Å². The first kappa shape index (κ1) is 12.8. The molecule has 1 aliphatic carbocycles. The summed E-state index contributed by atoms with van der Waals surface area (Å²) in [7, 11) is 0. The number of aliphatic hydroxyl groups is 1. The van der Waals surface area contributed by atoms with E-state index in [9.17, 15) is 9.50 Å². The van der Waals surface area contributed by atoms with Gasteiger partial charge in [0.25, 0.3) is 0 Å². The Morgan fingerprint density at radius 1 is 1.47 bits per heavy atom. The molecule has 1 nitrogen and oxygen atoms in total. The van der Waals surface area contributed by atoms with Crippen molar-refractivity contribution in [2.75, 3.05) is 0 Å². The summed E-state index contributed by atoms with van der Waals surface area (Å²) in [5, 5.41) is 11.0. The standard InChI is InChI=1S/C14H18ClFO/c1-10-4-2-3-7-14(10,17)9-11-5-6-12(15)8-13(11)16/h5-6,8,10,17H,2-4,7,9H2,1H3. The maximum absolute atomic E-state index is 13.7. The van der Waals surface area contributed by atoms with Gasteiger partial charge in [-0.2, -0.15) is 0 Å². The summed E-state index contributed by atoms with van der Waals surface area (Å²) >= 11 is 5.72. The Bertz CT molecular complexity index is 407. The van der Waals surface area contributed by atoms with Crippen molar-refractivity contribution in [1.82, 2.24) is 0 Å². The van der Waals surface area contributed by atoms with Gasteiger partial charge in [0.15, 0.2) is 0 Å². The predicted molar refractivity (Wildman–Crippen MR) is 67.7 cm³/mol. The van der Waals surface area contributed by atoms with Crippen molar-refractivity contribution >= 4 is 11.6 Å². The van der Waals surface area contributed by atoms with Crippen LogP contribution in [0.5, 0.6) is 0 Å². The second kappa shape index (κ2) is 4.95. The van der Waals surface area contributed by atoms with Crippen LogP contribution in [0.4, 0.5) is 4.39 Å². The Balaban J connectivity index is 2.19. The van der Waals surface area contributed by atoms with Crippen LogP contribution in [0.25, 0.3) is 0 Å². The molecule has 2 atom stereocenters. The topological polar surface area (TPSA) is 20.2 Å². The van der Waals surface area contributed by atoms with E-state index in [0.29, 0.717) is 17.0 Å². The Hall–Kier alpha value is -0.600. The SMILES string of the molecule is CC1CCCCC1(O)Cc1ccc(Cl)cc1F. The van der Waals surface area contributed by atoms with Crippen molar-refractivity contribution in [2.24, 2.45) is 5.92 Å². The van der Waals surface area contributed by atoms with Gasteiger partial charge in [-0.25, -0.2) is 4.39 Å². The van der Waals surface area contributed by atoms with Crippen molar-refractivity contribution in [3.8, 4) is 0 Å². The lowest BCUT2D eigenvalue weighted by atomic mass is 9.73. The van der Waals surface area contributed by atoms with E-state index in [2.05, 4.69) is 0 Å². The third kappa shape index (κ3) is 2.80. The molecule has 0 aromatic heterocycles. The monoisotopic (exact) mass is 256 g/mol. The third-order valence-electron chi connectivity index (χ3n) is 3.93. The van der Waals surface area contributed by atoms with E-state index >= 15 is 0 Å². The molecule has 0 radical (unpaired) electrons. The first-order valence-electron chi connectivity index (χ1n) is 6.17. The van der Waals surface area contributed by atoms with Gasteiger partial charge in [-0.1, -0.05) is 37.4 Å². The summed E-state index contributed by atoms with van der Waals surface area (Å²) in [6.45, 7) is 2.05. The molecular weight excluding hydrogens is 239 g/mol. The maximum atomic E-state index is 13.7. The summed E-state index contributed by atoms with van der Waals surface area (Å²) in [5.74, 6) is -0.0879. The molecule has 0 aliphatic heterocycles. The van der Waals surface area contributed by atoms with E-state index in [4.69, 9.17) is 11.6 Å². The van der Waals surface area contributed by atoms with Gasteiger partial charge in [-0.3, -0.25) is 0 Å². The first-order valence-corrected chi connectivity index (χ1v) is 6.55. The molecule has 1 N–H and O–H groups in total. The van der Waals surface area contributed by atoms with Crippen molar-refractivity contribution in [2.45, 2.75) is 44.6 Å². The number of benzene rings is 1. The lowest BCUT2D eigenvalue weighted by Crippen LogP contribution is -2.41. The Kier molecular flexibility index (Phi) is 3.74. The Morgan fingerprint density at radius 2 is 2.24 bits per heavy atom. The van der Waals surface area contributed by atoms with E-state index < -0.39 is 5.60 Å². The van der Waals surface area contributed by atoms with Crippen molar-refractivity contribution in [3.05, 3.63) is 34.6 Å². The zero-order chi connectivity index (χ0) is 12.5. The molecule has 0 spiro atoms. The highest BCUT2D eigenvalue weighted by Gasteiger charge is 2.36. The average molecular weight is 257 g/mol. The Morgan fingerprint density at radius 3 is 2.88 bits per heavy atom. The van der Waals surface area contributed by atoms with Gasteiger partial charge in [0, 0.05) is 11.4 Å². The van der Waals surface area contributed by atoms with Crippen LogP contribution in [0.15, 0.2) is 18.2 Å². The number of halogens is 2. The van der Waals surface area contributed by atoms with E-state index in [1.54, 1.807) is 12.1 Å². The molecule has 0 amide bonds. The Labute approximate surface area is 107 Å². The molecular formula is C14H18ClFO. The van der Waals surface area contributed by atoms with Crippen LogP contribution >= 0.6 is 11.6 Å². The summed E-state index contributed by atoms with van der Waals surface area (Å²) in [6, 6.07) is 4.67. The molecule has 0 saturated heterocycles. The molecule has 1 aromatic carbocycles. The molecule has 1 aromatic rings. The van der Waals surface area contributed by atoms with Gasteiger partial charge in [0.2, 0.25) is 0 Å². The first-order chi connectivity index (χ1) is 8.01. The van der Waals surface area contributed by atoms with Gasteiger partial charge < -0.3 is 5.11 Å². The van der Waals surface area contributed by atoms with Crippen molar-refractivity contribution in [3.63, 3.8) is 0 Å². The largest absolute Gasteiger partial charge is 0.389 e. The number of rotatable bonds is 2. The summed E-state index contributed by atoms with van der Waals surface area (Å²) in [6.07, 6.45) is 4.35. The molecule has 94 valence electrons. The van der Waals surface area contributed by atoms with Crippen molar-refractivity contribution < 1.29 is 9.50 Å². The predicted octanol–water partition coefficient (Wildman–Crippen LogP) is 3.96. The summed E-state index contributed by atoms with van der Waals surface area (Å²) < 4.78 is 13.7. The van der Waals surface area contributed by atoms with Crippen LogP contribution in [0.3, 0.4) is 0 Å². The minimum Gasteiger partial charge on any atom is -0.389 e. The quantitative estimate of drug-likeness (QED) is 0.849. The second-order valence-corrected chi connectivity index (χ2v) is 5.60. The summed E-state index contributed by atoms with van der Waals surface area (Å²) in [5.41, 5.74) is -0.196. The van der Waals surface area contributed by atoms with Gasteiger partial charge in [-0.15, -0.1) is 0 Å². The molecule has 1 aliphatic rings. The minimum absolute atomic E-state index is 0.228. The van der Waals surface area contributed by atoms with E-state index in [1.807, 2.05) is 6.92 Å². The zero-order valence-corrected chi connectivity index (χ0v) is 10.8. The molecule has 2 unspecified atom stereocenters. The van der Waals surface area contributed by atoms with E-state index in [1.165, 1.54) is 6.07 Å². The highest BCUT2D eigenvalue weighted by atomic mass is 35.5. The molecule has 1 saturated carbocycles. The number of hydrogen-bond donors (Lipinski definition) is 1. The lowest BCUT2D eigenvalue weighted by Gasteiger charge is -2.38. The molecule has 1 fully saturated rings. The molecule has 2 rings (SSSR count). The highest BCUT2D eigenvalue weighted by Crippen LogP contribution is 2.36. The third-order valence-corrected chi connectivity index (χ3v) is 4.16. The van der Waals surface area contributed by atoms with Gasteiger partial charge in [0.1, 0.15) is 5.82 Å². The average Bonchev–Trinajstić information content (AvgIpc) is 2.27. The molecule has 0 heterocycles. The molecule has 17 heavy (non-hydrogen) atoms. The van der Waals surface area contributed by atoms with Crippen LogP contribution in [0.1, 0.15) is 38.2 Å². The normalized spacial score (nSPS) is 29.3. The van der Waals surface area contributed by atoms with Gasteiger partial charge in [0.05, 0.1) is 5.60 Å². The van der Waals surface area contributed by atoms with Crippen LogP contribution < -0.4 is 0 Å². The molecule has 0 bridgehead atoms. The number of hydrogen-bond acceptors (Lipinski definition) is 1. The van der Waals surface area contributed by atoms with Crippen LogP contribution in [0, 0.1) is 11.7 Å². The zero-order valence-electron chi connectivity index (χ0n) is 10.0. The van der Waals surface area contributed by atoms with Crippen LogP contribution in [-0.4, -0.2) is 10.7 Å². The smallest absolute Gasteiger partial charge is 0.127 e. The van der Waals surface area contributed by atoms with Gasteiger partial charge in [-0.05, 0) is 36.5 Å². The fourth-order valence-corrected chi connectivity index (χ4v) is 2.81. The van der Waals surface area contributed by atoms with Crippen LogP contribution in [-0.2, 0) is 6.42 Å².